The Morgan fingerprint density at radius 3 is 2.42 bits per heavy atom. The molecule has 1 fully saturated rings. The van der Waals surface area contributed by atoms with Gasteiger partial charge in [-0.15, -0.1) is 0 Å². The summed E-state index contributed by atoms with van der Waals surface area (Å²) in [6.07, 6.45) is 0.275. The number of carbonyl (C=O) groups is 2. The maximum absolute atomic E-state index is 13.1. The third-order valence-corrected chi connectivity index (χ3v) is 5.44. The molecule has 1 unspecified atom stereocenters. The van der Waals surface area contributed by atoms with E-state index in [1.807, 2.05) is 30.0 Å². The maximum atomic E-state index is 13.1. The van der Waals surface area contributed by atoms with Gasteiger partial charge in [-0.05, 0) is 42.3 Å². The number of fused-ring (bicyclic) bond motifs is 1. The van der Waals surface area contributed by atoms with Crippen LogP contribution in [0.1, 0.15) is 33.8 Å². The minimum atomic E-state index is -0.351. The molecular formula is C21H21FN2O2. The van der Waals surface area contributed by atoms with Crippen LogP contribution in [0.3, 0.4) is 0 Å². The van der Waals surface area contributed by atoms with Gasteiger partial charge in [-0.3, -0.25) is 9.59 Å². The molecule has 1 atom stereocenters. The highest BCUT2D eigenvalue weighted by Crippen LogP contribution is 2.37. The molecule has 4 nitrogen and oxygen atoms in total. The van der Waals surface area contributed by atoms with Crippen LogP contribution < -0.4 is 4.90 Å². The summed E-state index contributed by atoms with van der Waals surface area (Å²) in [4.78, 5) is 29.3. The largest absolute Gasteiger partial charge is 0.368 e. The van der Waals surface area contributed by atoms with Crippen LogP contribution in [0.25, 0.3) is 0 Å². The van der Waals surface area contributed by atoms with Crippen molar-refractivity contribution in [3.8, 4) is 0 Å². The Hall–Kier alpha value is -2.69. The number of Topliss-reactive ketones (excluding diaryl/α,β-unsaturated/α-hetero) is 1. The van der Waals surface area contributed by atoms with Crippen LogP contribution in [0.2, 0.25) is 0 Å². The highest BCUT2D eigenvalue weighted by molar-refractivity contribution is 6.07. The number of ketones is 1. The fourth-order valence-electron chi connectivity index (χ4n) is 4.05. The lowest BCUT2D eigenvalue weighted by molar-refractivity contribution is -0.133. The predicted molar refractivity (Wildman–Crippen MR) is 98.1 cm³/mol. The van der Waals surface area contributed by atoms with Gasteiger partial charge >= 0.3 is 0 Å². The van der Waals surface area contributed by atoms with Crippen molar-refractivity contribution in [2.75, 3.05) is 31.1 Å². The predicted octanol–water partition coefficient (Wildman–Crippen LogP) is 3.15. The van der Waals surface area contributed by atoms with Crippen molar-refractivity contribution in [1.29, 1.82) is 0 Å². The average Bonchev–Trinajstić information content (AvgIpc) is 3.00. The number of benzene rings is 2. The zero-order valence-electron chi connectivity index (χ0n) is 14.7. The summed E-state index contributed by atoms with van der Waals surface area (Å²) in [5.41, 5.74) is 3.59. The van der Waals surface area contributed by atoms with Gasteiger partial charge in [0, 0.05) is 43.9 Å². The van der Waals surface area contributed by atoms with E-state index in [0.29, 0.717) is 31.7 Å². The van der Waals surface area contributed by atoms with E-state index < -0.39 is 0 Å². The standard InChI is InChI=1S/C21H21FN2O2/c1-14-3-2-4-17-19(25)13-18(20(14)17)21(26)24-11-9-23(10-12-24)16-7-5-15(22)6-8-16/h2-8,18H,9-13H2,1H3. The Bertz CT molecular complexity index is 855. The zero-order chi connectivity index (χ0) is 18.3. The molecule has 2 aromatic rings. The fraction of sp³-hybridized carbons (Fsp3) is 0.333. The van der Waals surface area contributed by atoms with Gasteiger partial charge in [0.15, 0.2) is 5.78 Å². The van der Waals surface area contributed by atoms with E-state index in [1.54, 1.807) is 12.1 Å². The first kappa shape index (κ1) is 16.8. The minimum absolute atomic E-state index is 0.0464. The Morgan fingerprint density at radius 1 is 1.04 bits per heavy atom. The normalized spacial score (nSPS) is 19.6. The molecule has 1 aliphatic carbocycles. The van der Waals surface area contributed by atoms with Gasteiger partial charge in [-0.2, -0.15) is 0 Å². The topological polar surface area (TPSA) is 40.6 Å². The van der Waals surface area contributed by atoms with Crippen LogP contribution in [0.15, 0.2) is 42.5 Å². The molecule has 134 valence electrons. The quantitative estimate of drug-likeness (QED) is 0.834. The summed E-state index contributed by atoms with van der Waals surface area (Å²) < 4.78 is 13.1. The summed E-state index contributed by atoms with van der Waals surface area (Å²) in [6.45, 7) is 4.60. The first-order chi connectivity index (χ1) is 12.5. The van der Waals surface area contributed by atoms with Crippen molar-refractivity contribution >= 4 is 17.4 Å². The van der Waals surface area contributed by atoms with E-state index in [4.69, 9.17) is 0 Å². The van der Waals surface area contributed by atoms with Gasteiger partial charge in [-0.25, -0.2) is 4.39 Å². The number of hydrogen-bond acceptors (Lipinski definition) is 3. The fourth-order valence-corrected chi connectivity index (χ4v) is 4.05. The molecule has 0 aromatic heterocycles. The van der Waals surface area contributed by atoms with Gasteiger partial charge < -0.3 is 9.80 Å². The van der Waals surface area contributed by atoms with Gasteiger partial charge in [0.05, 0.1) is 5.92 Å². The van der Waals surface area contributed by atoms with Gasteiger partial charge in [0.25, 0.3) is 0 Å². The van der Waals surface area contributed by atoms with Crippen LogP contribution >= 0.6 is 0 Å². The van der Waals surface area contributed by atoms with Crippen LogP contribution in [0, 0.1) is 12.7 Å². The molecular weight excluding hydrogens is 331 g/mol. The van der Waals surface area contributed by atoms with E-state index in [-0.39, 0.29) is 29.8 Å². The second-order valence-electron chi connectivity index (χ2n) is 7.00. The van der Waals surface area contributed by atoms with Crippen LogP contribution in [-0.4, -0.2) is 42.8 Å². The third kappa shape index (κ3) is 2.87. The third-order valence-electron chi connectivity index (χ3n) is 5.44. The summed E-state index contributed by atoms with van der Waals surface area (Å²) in [6, 6.07) is 12.1. The molecule has 0 spiro atoms. The maximum Gasteiger partial charge on any atom is 0.230 e. The Labute approximate surface area is 152 Å². The van der Waals surface area contributed by atoms with Crippen molar-refractivity contribution < 1.29 is 14.0 Å². The second-order valence-corrected chi connectivity index (χ2v) is 7.00. The first-order valence-electron chi connectivity index (χ1n) is 8.96. The highest BCUT2D eigenvalue weighted by atomic mass is 19.1. The molecule has 1 amide bonds. The van der Waals surface area contributed by atoms with Crippen molar-refractivity contribution in [3.63, 3.8) is 0 Å². The number of amides is 1. The SMILES string of the molecule is Cc1cccc2c1C(C(=O)N1CCN(c3ccc(F)cc3)CC1)CC2=O. The Morgan fingerprint density at radius 2 is 1.73 bits per heavy atom. The van der Waals surface area contributed by atoms with Crippen LogP contribution in [0.4, 0.5) is 10.1 Å². The number of halogens is 1. The average molecular weight is 352 g/mol. The number of carbonyl (C=O) groups excluding carboxylic acids is 2. The molecule has 0 radical (unpaired) electrons. The molecule has 1 heterocycles. The van der Waals surface area contributed by atoms with Crippen molar-refractivity contribution in [3.05, 3.63) is 65.0 Å². The summed E-state index contributed by atoms with van der Waals surface area (Å²) in [7, 11) is 0. The smallest absolute Gasteiger partial charge is 0.230 e. The first-order valence-corrected chi connectivity index (χ1v) is 8.96. The monoisotopic (exact) mass is 352 g/mol. The molecule has 0 saturated carbocycles. The number of anilines is 1. The zero-order valence-corrected chi connectivity index (χ0v) is 14.7. The van der Waals surface area contributed by atoms with Crippen molar-refractivity contribution in [1.82, 2.24) is 4.90 Å². The number of piperazine rings is 1. The van der Waals surface area contributed by atoms with Crippen LogP contribution in [0.5, 0.6) is 0 Å². The Balaban J connectivity index is 1.47. The summed E-state index contributed by atoms with van der Waals surface area (Å²) in [5.74, 6) is -0.490. The van der Waals surface area contributed by atoms with E-state index >= 15 is 0 Å². The molecule has 26 heavy (non-hydrogen) atoms. The molecule has 4 rings (SSSR count). The molecule has 2 aromatic carbocycles. The number of nitrogens with zero attached hydrogens (tertiary/aromatic N) is 2. The molecule has 0 bridgehead atoms. The lowest BCUT2D eigenvalue weighted by Gasteiger charge is -2.37. The summed E-state index contributed by atoms with van der Waals surface area (Å²) >= 11 is 0. The Kier molecular flexibility index (Phi) is 4.23. The molecule has 2 aliphatic rings. The molecule has 1 aliphatic heterocycles. The van der Waals surface area contributed by atoms with Crippen LogP contribution in [-0.2, 0) is 4.79 Å². The van der Waals surface area contributed by atoms with Gasteiger partial charge in [0.1, 0.15) is 5.82 Å². The van der Waals surface area contributed by atoms with Gasteiger partial charge in [-0.1, -0.05) is 18.2 Å². The molecule has 0 N–H and O–H groups in total. The van der Waals surface area contributed by atoms with E-state index in [0.717, 1.165) is 16.8 Å². The summed E-state index contributed by atoms with van der Waals surface area (Å²) in [5, 5.41) is 0. The number of aryl methyl sites for hydroxylation is 1. The van der Waals surface area contributed by atoms with Crippen molar-refractivity contribution in [2.24, 2.45) is 0 Å². The van der Waals surface area contributed by atoms with E-state index in [1.165, 1.54) is 12.1 Å². The van der Waals surface area contributed by atoms with E-state index in [9.17, 15) is 14.0 Å². The highest BCUT2D eigenvalue weighted by Gasteiger charge is 2.38. The van der Waals surface area contributed by atoms with E-state index in [2.05, 4.69) is 4.90 Å². The minimum Gasteiger partial charge on any atom is -0.368 e. The van der Waals surface area contributed by atoms with Gasteiger partial charge in [0.2, 0.25) is 5.91 Å². The van der Waals surface area contributed by atoms with Crippen molar-refractivity contribution in [2.45, 2.75) is 19.3 Å². The molecule has 1 saturated heterocycles. The lowest BCUT2D eigenvalue weighted by atomic mass is 9.95. The number of hydrogen-bond donors (Lipinski definition) is 0. The number of rotatable bonds is 2. The second kappa shape index (κ2) is 6.56. The molecule has 5 heteroatoms. The lowest BCUT2D eigenvalue weighted by Crippen LogP contribution is -2.50.